The number of aromatic nitrogens is 1. The van der Waals surface area contributed by atoms with Gasteiger partial charge >= 0.3 is 0 Å². The van der Waals surface area contributed by atoms with Gasteiger partial charge in [-0.25, -0.2) is 0 Å². The van der Waals surface area contributed by atoms with Gasteiger partial charge in [-0.1, -0.05) is 18.2 Å². The first kappa shape index (κ1) is 19.5. The highest BCUT2D eigenvalue weighted by Crippen LogP contribution is 2.23. The summed E-state index contributed by atoms with van der Waals surface area (Å²) in [6.07, 6.45) is 0. The Morgan fingerprint density at radius 1 is 1.03 bits per heavy atom. The predicted molar refractivity (Wildman–Crippen MR) is 117 cm³/mol. The molecule has 1 aliphatic rings. The zero-order chi connectivity index (χ0) is 20.4. The van der Waals surface area contributed by atoms with E-state index in [9.17, 15) is 4.79 Å². The van der Waals surface area contributed by atoms with E-state index in [4.69, 9.17) is 4.74 Å². The zero-order valence-electron chi connectivity index (χ0n) is 17.5. The lowest BCUT2D eigenvalue weighted by atomic mass is 10.1. The summed E-state index contributed by atoms with van der Waals surface area (Å²) in [5, 5.41) is 1.13. The number of fused-ring (bicyclic) bond motifs is 1. The molecule has 3 aromatic rings. The topological polar surface area (TPSA) is 48.6 Å². The second-order valence-corrected chi connectivity index (χ2v) is 7.87. The molecule has 2 heterocycles. The van der Waals surface area contributed by atoms with Crippen LogP contribution in [-0.4, -0.2) is 53.5 Å². The number of carbonyl (C=O) groups excluding carboxylic acids is 1. The zero-order valence-corrected chi connectivity index (χ0v) is 17.5. The predicted octanol–water partition coefficient (Wildman–Crippen LogP) is 4.14. The minimum absolute atomic E-state index is 0.0963. The minimum atomic E-state index is 0.0963. The number of amides is 1. The molecule has 5 heteroatoms. The van der Waals surface area contributed by atoms with Gasteiger partial charge in [-0.15, -0.1) is 0 Å². The number of nitrogens with zero attached hydrogens (tertiary/aromatic N) is 2. The number of H-pyrrole nitrogens is 1. The van der Waals surface area contributed by atoms with E-state index in [1.807, 2.05) is 30.0 Å². The summed E-state index contributed by atoms with van der Waals surface area (Å²) in [4.78, 5) is 20.7. The Morgan fingerprint density at radius 3 is 2.45 bits per heavy atom. The van der Waals surface area contributed by atoms with Gasteiger partial charge in [-0.3, -0.25) is 9.69 Å². The molecule has 0 unspecified atom stereocenters. The highest BCUT2D eigenvalue weighted by molar-refractivity contribution is 5.99. The average Bonchev–Trinajstić information content (AvgIpc) is 3.14. The maximum atomic E-state index is 13.0. The fourth-order valence-electron chi connectivity index (χ4n) is 4.11. The van der Waals surface area contributed by atoms with Crippen molar-refractivity contribution in [2.24, 2.45) is 0 Å². The van der Waals surface area contributed by atoms with Crippen LogP contribution in [0.2, 0.25) is 0 Å². The summed E-state index contributed by atoms with van der Waals surface area (Å²) in [6.45, 7) is 11.0. The number of rotatable bonds is 5. The molecule has 0 saturated carbocycles. The number of hydrogen-bond acceptors (Lipinski definition) is 3. The number of benzene rings is 2. The largest absolute Gasteiger partial charge is 0.494 e. The van der Waals surface area contributed by atoms with E-state index in [0.717, 1.165) is 49.4 Å². The molecule has 0 bridgehead atoms. The summed E-state index contributed by atoms with van der Waals surface area (Å²) in [5.74, 6) is 1.01. The third kappa shape index (κ3) is 4.30. The van der Waals surface area contributed by atoms with E-state index >= 15 is 0 Å². The van der Waals surface area contributed by atoms with Crippen LogP contribution in [0.25, 0.3) is 10.9 Å². The van der Waals surface area contributed by atoms with Crippen molar-refractivity contribution >= 4 is 16.8 Å². The van der Waals surface area contributed by atoms with Crippen LogP contribution >= 0.6 is 0 Å². The SMILES string of the molecule is CCOc1ccc(CN2CCN(C(=O)c3cc4c(C)cc(C)cc4[nH]3)CC2)cc1. The highest BCUT2D eigenvalue weighted by Gasteiger charge is 2.23. The van der Waals surface area contributed by atoms with Crippen LogP contribution in [0, 0.1) is 13.8 Å². The molecule has 5 nitrogen and oxygen atoms in total. The van der Waals surface area contributed by atoms with Crippen LogP contribution in [-0.2, 0) is 6.54 Å². The molecule has 1 amide bonds. The molecule has 0 atom stereocenters. The van der Waals surface area contributed by atoms with Crippen LogP contribution in [0.15, 0.2) is 42.5 Å². The van der Waals surface area contributed by atoms with Gasteiger partial charge in [0.2, 0.25) is 0 Å². The monoisotopic (exact) mass is 391 g/mol. The van der Waals surface area contributed by atoms with E-state index in [0.29, 0.717) is 12.3 Å². The highest BCUT2D eigenvalue weighted by atomic mass is 16.5. The van der Waals surface area contributed by atoms with Gasteiger partial charge in [0.05, 0.1) is 6.61 Å². The Balaban J connectivity index is 1.36. The first-order chi connectivity index (χ1) is 14.0. The molecule has 152 valence electrons. The van der Waals surface area contributed by atoms with Gasteiger partial charge in [0, 0.05) is 43.6 Å². The molecule has 1 N–H and O–H groups in total. The van der Waals surface area contributed by atoms with Crippen molar-refractivity contribution in [1.82, 2.24) is 14.8 Å². The Hall–Kier alpha value is -2.79. The quantitative estimate of drug-likeness (QED) is 0.711. The van der Waals surface area contributed by atoms with E-state index in [1.54, 1.807) is 0 Å². The Labute approximate surface area is 172 Å². The first-order valence-electron chi connectivity index (χ1n) is 10.4. The fourth-order valence-corrected chi connectivity index (χ4v) is 4.11. The molecule has 2 aromatic carbocycles. The van der Waals surface area contributed by atoms with Gasteiger partial charge < -0.3 is 14.6 Å². The van der Waals surface area contributed by atoms with Crippen LogP contribution in [0.1, 0.15) is 34.1 Å². The van der Waals surface area contributed by atoms with E-state index < -0.39 is 0 Å². The van der Waals surface area contributed by atoms with Crippen LogP contribution < -0.4 is 4.74 Å². The van der Waals surface area contributed by atoms with Crippen molar-refractivity contribution < 1.29 is 9.53 Å². The van der Waals surface area contributed by atoms with E-state index in [-0.39, 0.29) is 5.91 Å². The molecule has 0 radical (unpaired) electrons. The lowest BCUT2D eigenvalue weighted by Crippen LogP contribution is -2.48. The number of nitrogens with one attached hydrogen (secondary N) is 1. The van der Waals surface area contributed by atoms with Crippen molar-refractivity contribution in [1.29, 1.82) is 0 Å². The summed E-state index contributed by atoms with van der Waals surface area (Å²) in [6, 6.07) is 14.6. The molecule has 0 spiro atoms. The lowest BCUT2D eigenvalue weighted by Gasteiger charge is -2.34. The molecule has 1 aromatic heterocycles. The molecule has 0 aliphatic carbocycles. The molecular weight excluding hydrogens is 362 g/mol. The molecule has 1 saturated heterocycles. The summed E-state index contributed by atoms with van der Waals surface area (Å²) < 4.78 is 5.51. The number of carbonyl (C=O) groups is 1. The number of aryl methyl sites for hydroxylation is 2. The summed E-state index contributed by atoms with van der Waals surface area (Å²) in [7, 11) is 0. The first-order valence-corrected chi connectivity index (χ1v) is 10.4. The smallest absolute Gasteiger partial charge is 0.270 e. The van der Waals surface area contributed by atoms with Crippen molar-refractivity contribution in [3.8, 4) is 5.75 Å². The van der Waals surface area contributed by atoms with E-state index in [1.165, 1.54) is 16.7 Å². The Morgan fingerprint density at radius 2 is 1.76 bits per heavy atom. The van der Waals surface area contributed by atoms with E-state index in [2.05, 4.69) is 48.0 Å². The fraction of sp³-hybridized carbons (Fsp3) is 0.375. The third-order valence-corrected chi connectivity index (χ3v) is 5.62. The van der Waals surface area contributed by atoms with Gasteiger partial charge in [-0.2, -0.15) is 0 Å². The molecule has 4 rings (SSSR count). The molecule has 29 heavy (non-hydrogen) atoms. The van der Waals surface area contributed by atoms with Crippen molar-refractivity contribution in [2.45, 2.75) is 27.3 Å². The Bertz CT molecular complexity index is 999. The summed E-state index contributed by atoms with van der Waals surface area (Å²) in [5.41, 5.74) is 5.41. The molecule has 1 aliphatic heterocycles. The number of aromatic amines is 1. The standard InChI is InChI=1S/C24H29N3O2/c1-4-29-20-7-5-19(6-8-20)16-26-9-11-27(12-10-26)24(28)23-15-21-18(3)13-17(2)14-22(21)25-23/h5-8,13-15,25H,4,9-12,16H2,1-3H3. The Kier molecular flexibility index (Phi) is 5.58. The maximum Gasteiger partial charge on any atom is 0.270 e. The number of piperazine rings is 1. The molecule has 1 fully saturated rings. The third-order valence-electron chi connectivity index (χ3n) is 5.62. The minimum Gasteiger partial charge on any atom is -0.494 e. The second kappa shape index (κ2) is 8.29. The number of ether oxygens (including phenoxy) is 1. The number of hydrogen-bond donors (Lipinski definition) is 1. The molecular formula is C24H29N3O2. The van der Waals surface area contributed by atoms with Crippen LogP contribution in [0.5, 0.6) is 5.75 Å². The van der Waals surface area contributed by atoms with Crippen LogP contribution in [0.3, 0.4) is 0 Å². The lowest BCUT2D eigenvalue weighted by molar-refractivity contribution is 0.0623. The van der Waals surface area contributed by atoms with Gasteiger partial charge in [0.1, 0.15) is 11.4 Å². The van der Waals surface area contributed by atoms with Gasteiger partial charge in [0.15, 0.2) is 0 Å². The van der Waals surface area contributed by atoms with Gasteiger partial charge in [-0.05, 0) is 61.7 Å². The van der Waals surface area contributed by atoms with Gasteiger partial charge in [0.25, 0.3) is 5.91 Å². The second-order valence-electron chi connectivity index (χ2n) is 7.87. The summed E-state index contributed by atoms with van der Waals surface area (Å²) >= 11 is 0. The van der Waals surface area contributed by atoms with Crippen molar-refractivity contribution in [3.63, 3.8) is 0 Å². The maximum absolute atomic E-state index is 13.0. The van der Waals surface area contributed by atoms with Crippen molar-refractivity contribution in [2.75, 3.05) is 32.8 Å². The normalized spacial score (nSPS) is 15.1. The van der Waals surface area contributed by atoms with Crippen molar-refractivity contribution in [3.05, 3.63) is 64.8 Å². The van der Waals surface area contributed by atoms with Crippen LogP contribution in [0.4, 0.5) is 0 Å². The average molecular weight is 392 g/mol.